The van der Waals surface area contributed by atoms with E-state index in [1.807, 2.05) is 35.7 Å². The molecule has 5 heteroatoms. The molecule has 2 aromatic heterocycles. The van der Waals surface area contributed by atoms with Crippen LogP contribution in [-0.2, 0) is 9.47 Å². The molecule has 0 radical (unpaired) electrons. The van der Waals surface area contributed by atoms with Crippen LogP contribution in [0.25, 0.3) is 5.52 Å². The average Bonchev–Trinajstić information content (AvgIpc) is 3.05. The van der Waals surface area contributed by atoms with Gasteiger partial charge in [0, 0.05) is 12.8 Å². The quantitative estimate of drug-likeness (QED) is 0.792. The summed E-state index contributed by atoms with van der Waals surface area (Å²) in [5.74, 6) is 0.395. The summed E-state index contributed by atoms with van der Waals surface area (Å²) in [6, 6.07) is 5.65. The fourth-order valence-corrected chi connectivity index (χ4v) is 2.35. The van der Waals surface area contributed by atoms with Gasteiger partial charge in [0.05, 0.1) is 11.6 Å². The van der Waals surface area contributed by atoms with Crippen LogP contribution in [0.1, 0.15) is 29.2 Å². The molecule has 1 atom stereocenters. The highest BCUT2D eigenvalue weighted by atomic mass is 16.6. The second-order valence-corrected chi connectivity index (χ2v) is 4.70. The molecule has 0 spiro atoms. The lowest BCUT2D eigenvalue weighted by atomic mass is 10.2. The van der Waals surface area contributed by atoms with Crippen LogP contribution in [0.2, 0.25) is 0 Å². The molecule has 3 rings (SSSR count). The van der Waals surface area contributed by atoms with Gasteiger partial charge in [0.25, 0.3) is 0 Å². The Bertz CT molecular complexity index is 600. The Morgan fingerprint density at radius 2 is 2.47 bits per heavy atom. The van der Waals surface area contributed by atoms with Crippen LogP contribution in [0.5, 0.6) is 0 Å². The molecule has 1 fully saturated rings. The van der Waals surface area contributed by atoms with Gasteiger partial charge in [0.1, 0.15) is 12.4 Å². The highest BCUT2D eigenvalue weighted by Crippen LogP contribution is 2.16. The fourth-order valence-electron chi connectivity index (χ4n) is 2.35. The highest BCUT2D eigenvalue weighted by Gasteiger charge is 2.21. The van der Waals surface area contributed by atoms with Crippen molar-refractivity contribution in [2.45, 2.75) is 25.9 Å². The minimum atomic E-state index is -0.382. The van der Waals surface area contributed by atoms with E-state index in [9.17, 15) is 4.79 Å². The van der Waals surface area contributed by atoms with Crippen LogP contribution in [-0.4, -0.2) is 34.7 Å². The Morgan fingerprint density at radius 1 is 1.58 bits per heavy atom. The summed E-state index contributed by atoms with van der Waals surface area (Å²) in [7, 11) is 0. The molecule has 0 aromatic carbocycles. The van der Waals surface area contributed by atoms with Gasteiger partial charge in [-0.05, 0) is 31.9 Å². The Kier molecular flexibility index (Phi) is 3.21. The number of hydrogen-bond acceptors (Lipinski definition) is 4. The molecule has 1 aliphatic rings. The molecular weight excluding hydrogens is 244 g/mol. The van der Waals surface area contributed by atoms with Gasteiger partial charge in [0.15, 0.2) is 5.69 Å². The number of carbonyl (C=O) groups is 1. The number of esters is 1. The smallest absolute Gasteiger partial charge is 0.359 e. The van der Waals surface area contributed by atoms with Crippen molar-refractivity contribution >= 4 is 11.5 Å². The van der Waals surface area contributed by atoms with Gasteiger partial charge in [-0.25, -0.2) is 9.78 Å². The van der Waals surface area contributed by atoms with Gasteiger partial charge in [-0.1, -0.05) is 6.07 Å². The van der Waals surface area contributed by atoms with Crippen molar-refractivity contribution in [2.24, 2.45) is 0 Å². The van der Waals surface area contributed by atoms with Crippen molar-refractivity contribution in [1.82, 2.24) is 9.38 Å². The maximum absolute atomic E-state index is 12.1. The van der Waals surface area contributed by atoms with E-state index in [1.54, 1.807) is 0 Å². The zero-order chi connectivity index (χ0) is 13.2. The van der Waals surface area contributed by atoms with E-state index in [-0.39, 0.29) is 12.1 Å². The second-order valence-electron chi connectivity index (χ2n) is 4.70. The first-order valence-corrected chi connectivity index (χ1v) is 6.48. The number of imidazole rings is 1. The largest absolute Gasteiger partial charge is 0.458 e. The van der Waals surface area contributed by atoms with Gasteiger partial charge in [-0.2, -0.15) is 0 Å². The van der Waals surface area contributed by atoms with Crippen molar-refractivity contribution < 1.29 is 14.3 Å². The summed E-state index contributed by atoms with van der Waals surface area (Å²) < 4.78 is 12.6. The molecule has 3 heterocycles. The Hall–Kier alpha value is -1.88. The third-order valence-electron chi connectivity index (χ3n) is 3.34. The van der Waals surface area contributed by atoms with Gasteiger partial charge in [-0.15, -0.1) is 0 Å². The third kappa shape index (κ3) is 2.33. The van der Waals surface area contributed by atoms with Crippen molar-refractivity contribution in [3.8, 4) is 0 Å². The Labute approximate surface area is 111 Å². The molecule has 19 heavy (non-hydrogen) atoms. The van der Waals surface area contributed by atoms with E-state index in [0.29, 0.717) is 12.3 Å². The number of aryl methyl sites for hydroxylation is 1. The first-order valence-electron chi connectivity index (χ1n) is 6.48. The van der Waals surface area contributed by atoms with Crippen LogP contribution in [0.15, 0.2) is 24.4 Å². The predicted octanol–water partition coefficient (Wildman–Crippen LogP) is 1.98. The van der Waals surface area contributed by atoms with Crippen molar-refractivity contribution in [3.05, 3.63) is 35.9 Å². The molecule has 2 aromatic rings. The summed E-state index contributed by atoms with van der Waals surface area (Å²) in [6.07, 6.45) is 3.92. The summed E-state index contributed by atoms with van der Waals surface area (Å²) in [4.78, 5) is 16.4. The standard InChI is InChI=1S/C14H16N2O3/c1-10-15-13(12-6-2-3-7-16(10)12)14(17)19-9-11-5-4-8-18-11/h2-3,6-7,11H,4-5,8-9H2,1H3/t11-/m0/s1. The van der Waals surface area contributed by atoms with Gasteiger partial charge in [0.2, 0.25) is 0 Å². The lowest BCUT2D eigenvalue weighted by Gasteiger charge is -2.09. The molecule has 0 aliphatic carbocycles. The summed E-state index contributed by atoms with van der Waals surface area (Å²) in [6.45, 7) is 2.93. The molecule has 0 bridgehead atoms. The second kappa shape index (κ2) is 5.01. The molecule has 0 unspecified atom stereocenters. The monoisotopic (exact) mass is 260 g/mol. The van der Waals surface area contributed by atoms with Gasteiger partial charge in [-0.3, -0.25) is 0 Å². The fraction of sp³-hybridized carbons (Fsp3) is 0.429. The maximum Gasteiger partial charge on any atom is 0.359 e. The number of nitrogens with zero attached hydrogens (tertiary/aromatic N) is 2. The van der Waals surface area contributed by atoms with E-state index in [2.05, 4.69) is 4.98 Å². The normalized spacial score (nSPS) is 18.9. The number of hydrogen-bond donors (Lipinski definition) is 0. The molecular formula is C14H16N2O3. The number of fused-ring (bicyclic) bond motifs is 1. The minimum absolute atomic E-state index is 0.0407. The molecule has 5 nitrogen and oxygen atoms in total. The first-order chi connectivity index (χ1) is 9.25. The number of pyridine rings is 1. The predicted molar refractivity (Wildman–Crippen MR) is 69.2 cm³/mol. The minimum Gasteiger partial charge on any atom is -0.458 e. The topological polar surface area (TPSA) is 52.8 Å². The summed E-state index contributed by atoms with van der Waals surface area (Å²) in [5, 5.41) is 0. The zero-order valence-corrected chi connectivity index (χ0v) is 10.8. The lowest BCUT2D eigenvalue weighted by molar-refractivity contribution is 0.0158. The third-order valence-corrected chi connectivity index (χ3v) is 3.34. The molecule has 0 amide bonds. The SMILES string of the molecule is Cc1nc(C(=O)OC[C@@H]2CCCO2)c2ccccn12. The molecule has 0 saturated carbocycles. The van der Waals surface area contributed by atoms with Crippen LogP contribution in [0.3, 0.4) is 0 Å². The number of carbonyl (C=O) groups excluding carboxylic acids is 1. The van der Waals surface area contributed by atoms with E-state index >= 15 is 0 Å². The summed E-state index contributed by atoms with van der Waals surface area (Å²) in [5.41, 5.74) is 1.15. The number of ether oxygens (including phenoxy) is 2. The van der Waals surface area contributed by atoms with Crippen LogP contribution >= 0.6 is 0 Å². The van der Waals surface area contributed by atoms with E-state index in [0.717, 1.165) is 30.8 Å². The first kappa shape index (κ1) is 12.2. The van der Waals surface area contributed by atoms with E-state index in [1.165, 1.54) is 0 Å². The van der Waals surface area contributed by atoms with Crippen LogP contribution in [0.4, 0.5) is 0 Å². The number of aromatic nitrogens is 2. The van der Waals surface area contributed by atoms with E-state index in [4.69, 9.17) is 9.47 Å². The molecule has 1 saturated heterocycles. The van der Waals surface area contributed by atoms with Gasteiger partial charge < -0.3 is 13.9 Å². The molecule has 0 N–H and O–H groups in total. The Morgan fingerprint density at radius 3 is 3.26 bits per heavy atom. The van der Waals surface area contributed by atoms with Crippen LogP contribution in [0, 0.1) is 6.92 Å². The maximum atomic E-state index is 12.1. The zero-order valence-electron chi connectivity index (χ0n) is 10.8. The molecule has 100 valence electrons. The van der Waals surface area contributed by atoms with Crippen molar-refractivity contribution in [3.63, 3.8) is 0 Å². The van der Waals surface area contributed by atoms with Crippen molar-refractivity contribution in [2.75, 3.05) is 13.2 Å². The van der Waals surface area contributed by atoms with Crippen molar-refractivity contribution in [1.29, 1.82) is 0 Å². The molecule has 1 aliphatic heterocycles. The van der Waals surface area contributed by atoms with E-state index < -0.39 is 0 Å². The highest BCUT2D eigenvalue weighted by molar-refractivity contribution is 5.95. The summed E-state index contributed by atoms with van der Waals surface area (Å²) >= 11 is 0. The lowest BCUT2D eigenvalue weighted by Crippen LogP contribution is -2.18. The average molecular weight is 260 g/mol. The van der Waals surface area contributed by atoms with Crippen LogP contribution < -0.4 is 0 Å². The Balaban J connectivity index is 1.77. The van der Waals surface area contributed by atoms with Gasteiger partial charge >= 0.3 is 5.97 Å². The number of rotatable bonds is 3.